The summed E-state index contributed by atoms with van der Waals surface area (Å²) in [4.78, 5) is 14.0. The number of carbonyl (C=O) groups is 1. The number of rotatable bonds is 2. The maximum atomic E-state index is 12.1. The van der Waals surface area contributed by atoms with Crippen molar-refractivity contribution in [2.75, 3.05) is 18.8 Å². The quantitative estimate of drug-likeness (QED) is 0.825. The number of nitrogens with two attached hydrogens (primary N) is 1. The van der Waals surface area contributed by atoms with Crippen molar-refractivity contribution in [2.45, 2.75) is 33.7 Å². The first kappa shape index (κ1) is 13.6. The fourth-order valence-electron chi connectivity index (χ4n) is 2.28. The molecule has 0 bridgehead atoms. The van der Waals surface area contributed by atoms with E-state index in [2.05, 4.69) is 31.9 Å². The number of aromatic nitrogens is 2. The third-order valence-corrected chi connectivity index (χ3v) is 3.48. The minimum absolute atomic E-state index is 0.0901. The minimum Gasteiger partial charge on any atom is -0.396 e. The van der Waals surface area contributed by atoms with E-state index in [0.29, 0.717) is 12.2 Å². The second-order valence-electron chi connectivity index (χ2n) is 6.04. The summed E-state index contributed by atoms with van der Waals surface area (Å²) in [5.74, 6) is 0.0901. The lowest BCUT2D eigenvalue weighted by atomic mass is 9.83. The van der Waals surface area contributed by atoms with Gasteiger partial charge in [0.2, 0.25) is 5.91 Å². The maximum absolute atomic E-state index is 12.1. The molecule has 5 nitrogen and oxygen atoms in total. The average molecular weight is 262 g/mol. The normalized spacial score (nSPS) is 16.4. The number of nitrogens with zero attached hydrogens (tertiary/aromatic N) is 3. The van der Waals surface area contributed by atoms with Crippen molar-refractivity contribution in [2.24, 2.45) is 5.41 Å². The molecule has 1 aromatic rings. The number of hydrogen-bond donors (Lipinski definition) is 1. The van der Waals surface area contributed by atoms with Crippen molar-refractivity contribution < 1.29 is 4.79 Å². The summed E-state index contributed by atoms with van der Waals surface area (Å²) >= 11 is 0. The summed E-state index contributed by atoms with van der Waals surface area (Å²) < 4.78 is 1.58. The molecular formula is C14H22N4O. The first-order chi connectivity index (χ1) is 8.86. The van der Waals surface area contributed by atoms with Gasteiger partial charge in [0.25, 0.3) is 0 Å². The highest BCUT2D eigenvalue weighted by molar-refractivity contribution is 5.76. The summed E-state index contributed by atoms with van der Waals surface area (Å²) in [7, 11) is 0. The van der Waals surface area contributed by atoms with Crippen LogP contribution in [0.5, 0.6) is 0 Å². The molecule has 1 aromatic heterocycles. The van der Waals surface area contributed by atoms with Gasteiger partial charge in [0.15, 0.2) is 0 Å². The Kier molecular flexibility index (Phi) is 3.64. The average Bonchev–Trinajstić information content (AvgIpc) is 2.74. The van der Waals surface area contributed by atoms with Crippen molar-refractivity contribution in [3.8, 4) is 0 Å². The van der Waals surface area contributed by atoms with Crippen LogP contribution >= 0.6 is 0 Å². The number of nitrogen functional groups attached to an aromatic ring is 1. The van der Waals surface area contributed by atoms with Gasteiger partial charge in [-0.2, -0.15) is 5.10 Å². The van der Waals surface area contributed by atoms with Crippen LogP contribution in [0.25, 0.3) is 0 Å². The molecule has 5 heteroatoms. The Bertz CT molecular complexity index is 496. The zero-order valence-corrected chi connectivity index (χ0v) is 11.9. The fraction of sp³-hybridized carbons (Fsp3) is 0.571. The molecule has 1 aliphatic rings. The molecule has 19 heavy (non-hydrogen) atoms. The molecule has 0 aromatic carbocycles. The van der Waals surface area contributed by atoms with Crippen LogP contribution < -0.4 is 5.73 Å². The highest BCUT2D eigenvalue weighted by Gasteiger charge is 2.23. The largest absolute Gasteiger partial charge is 0.396 e. The van der Waals surface area contributed by atoms with E-state index in [1.165, 1.54) is 5.57 Å². The van der Waals surface area contributed by atoms with Crippen molar-refractivity contribution in [3.63, 3.8) is 0 Å². The van der Waals surface area contributed by atoms with Crippen molar-refractivity contribution in [3.05, 3.63) is 24.0 Å². The maximum Gasteiger partial charge on any atom is 0.244 e. The standard InChI is InChI=1S/C14H22N4O/c1-14(2,3)11-4-6-17(7-5-11)13(19)10-18-9-12(15)8-16-18/h4,8-9H,5-7,10,15H2,1-3H3. The Morgan fingerprint density at radius 1 is 1.47 bits per heavy atom. The highest BCUT2D eigenvalue weighted by Crippen LogP contribution is 2.30. The summed E-state index contributed by atoms with van der Waals surface area (Å²) in [6.07, 6.45) is 6.37. The Hall–Kier alpha value is -1.78. The first-order valence-electron chi connectivity index (χ1n) is 6.61. The Morgan fingerprint density at radius 3 is 2.68 bits per heavy atom. The Morgan fingerprint density at radius 2 is 2.21 bits per heavy atom. The predicted octanol–water partition coefficient (Wildman–Crippen LogP) is 1.67. The molecule has 0 saturated carbocycles. The van der Waals surface area contributed by atoms with Gasteiger partial charge in [0, 0.05) is 19.3 Å². The van der Waals surface area contributed by atoms with Crippen LogP contribution in [-0.2, 0) is 11.3 Å². The monoisotopic (exact) mass is 262 g/mol. The molecular weight excluding hydrogens is 240 g/mol. The summed E-state index contributed by atoms with van der Waals surface area (Å²) in [6.45, 7) is 8.38. The SMILES string of the molecule is CC(C)(C)C1=CCN(C(=O)Cn2cc(N)cn2)CC1. The molecule has 2 N–H and O–H groups in total. The Balaban J connectivity index is 1.94. The van der Waals surface area contributed by atoms with E-state index >= 15 is 0 Å². The van der Waals surface area contributed by atoms with Crippen LogP contribution in [0.4, 0.5) is 5.69 Å². The molecule has 0 unspecified atom stereocenters. The summed E-state index contributed by atoms with van der Waals surface area (Å²) in [6, 6.07) is 0. The highest BCUT2D eigenvalue weighted by atomic mass is 16.2. The lowest BCUT2D eigenvalue weighted by Crippen LogP contribution is -2.38. The van der Waals surface area contributed by atoms with Gasteiger partial charge in [-0.25, -0.2) is 0 Å². The molecule has 0 aliphatic carbocycles. The molecule has 104 valence electrons. The van der Waals surface area contributed by atoms with E-state index < -0.39 is 0 Å². The van der Waals surface area contributed by atoms with E-state index in [0.717, 1.165) is 13.0 Å². The third-order valence-electron chi connectivity index (χ3n) is 3.48. The minimum atomic E-state index is 0.0901. The molecule has 0 fully saturated rings. The van der Waals surface area contributed by atoms with Crippen molar-refractivity contribution in [1.82, 2.24) is 14.7 Å². The van der Waals surface area contributed by atoms with E-state index in [1.54, 1.807) is 17.1 Å². The second-order valence-corrected chi connectivity index (χ2v) is 6.04. The van der Waals surface area contributed by atoms with Crippen molar-refractivity contribution in [1.29, 1.82) is 0 Å². The number of amides is 1. The van der Waals surface area contributed by atoms with Crippen LogP contribution in [0.2, 0.25) is 0 Å². The van der Waals surface area contributed by atoms with Crippen LogP contribution in [0, 0.1) is 5.41 Å². The summed E-state index contributed by atoms with van der Waals surface area (Å²) in [5, 5.41) is 4.03. The van der Waals surface area contributed by atoms with Gasteiger partial charge in [-0.15, -0.1) is 0 Å². The van der Waals surface area contributed by atoms with Crippen LogP contribution in [0.3, 0.4) is 0 Å². The lowest BCUT2D eigenvalue weighted by molar-refractivity contribution is -0.131. The molecule has 1 amide bonds. The van der Waals surface area contributed by atoms with Crippen molar-refractivity contribution >= 4 is 11.6 Å². The molecule has 0 spiro atoms. The molecule has 2 heterocycles. The second kappa shape index (κ2) is 5.07. The van der Waals surface area contributed by atoms with Gasteiger partial charge in [-0.1, -0.05) is 32.4 Å². The fourth-order valence-corrected chi connectivity index (χ4v) is 2.28. The lowest BCUT2D eigenvalue weighted by Gasteiger charge is -2.32. The molecule has 0 saturated heterocycles. The van der Waals surface area contributed by atoms with E-state index in [4.69, 9.17) is 5.73 Å². The third kappa shape index (κ3) is 3.36. The number of anilines is 1. The number of carbonyl (C=O) groups excluding carboxylic acids is 1. The summed E-state index contributed by atoms with van der Waals surface area (Å²) in [5.41, 5.74) is 7.80. The van der Waals surface area contributed by atoms with E-state index in [-0.39, 0.29) is 17.9 Å². The predicted molar refractivity (Wildman–Crippen MR) is 75.4 cm³/mol. The van der Waals surface area contributed by atoms with Gasteiger partial charge in [-0.05, 0) is 11.8 Å². The van der Waals surface area contributed by atoms with Gasteiger partial charge >= 0.3 is 0 Å². The zero-order valence-electron chi connectivity index (χ0n) is 11.9. The number of hydrogen-bond acceptors (Lipinski definition) is 3. The molecule has 1 aliphatic heterocycles. The van der Waals surface area contributed by atoms with E-state index in [1.807, 2.05) is 4.90 Å². The molecule has 2 rings (SSSR count). The smallest absolute Gasteiger partial charge is 0.244 e. The van der Waals surface area contributed by atoms with Gasteiger partial charge in [0.1, 0.15) is 6.54 Å². The molecule has 0 atom stereocenters. The Labute approximate surface area is 114 Å². The van der Waals surface area contributed by atoms with Crippen LogP contribution in [-0.4, -0.2) is 33.7 Å². The zero-order chi connectivity index (χ0) is 14.0. The van der Waals surface area contributed by atoms with E-state index in [9.17, 15) is 4.79 Å². The van der Waals surface area contributed by atoms with Gasteiger partial charge < -0.3 is 10.6 Å². The van der Waals surface area contributed by atoms with Gasteiger partial charge in [-0.3, -0.25) is 9.48 Å². The topological polar surface area (TPSA) is 64.2 Å². The first-order valence-corrected chi connectivity index (χ1v) is 6.61. The van der Waals surface area contributed by atoms with Crippen LogP contribution in [0.1, 0.15) is 27.2 Å². The van der Waals surface area contributed by atoms with Gasteiger partial charge in [0.05, 0.1) is 11.9 Å². The molecule has 0 radical (unpaired) electrons. The van der Waals surface area contributed by atoms with Crippen LogP contribution in [0.15, 0.2) is 24.0 Å².